The molecule has 0 aromatic carbocycles. The highest BCUT2D eigenvalue weighted by molar-refractivity contribution is 7.99. The molecule has 0 bridgehead atoms. The van der Waals surface area contributed by atoms with Crippen molar-refractivity contribution in [2.24, 2.45) is 0 Å². The van der Waals surface area contributed by atoms with Crippen LogP contribution >= 0.6 is 23.1 Å². The van der Waals surface area contributed by atoms with Gasteiger partial charge in [0.2, 0.25) is 5.91 Å². The molecule has 1 N–H and O–H groups in total. The molecule has 3 heterocycles. The molecule has 0 radical (unpaired) electrons. The quantitative estimate of drug-likeness (QED) is 0.399. The topological polar surface area (TPSA) is 76.9 Å². The second-order valence-corrected chi connectivity index (χ2v) is 7.79. The summed E-state index contributed by atoms with van der Waals surface area (Å²) in [5, 5.41) is 3.94. The molecule has 3 aromatic heterocycles. The van der Waals surface area contributed by atoms with Gasteiger partial charge in [-0.05, 0) is 31.5 Å². The number of amides is 1. The Kier molecular flexibility index (Phi) is 5.53. The lowest BCUT2D eigenvalue weighted by Gasteiger charge is -2.10. The van der Waals surface area contributed by atoms with Gasteiger partial charge in [-0.2, -0.15) is 0 Å². The molecule has 0 aliphatic heterocycles. The number of carbonyl (C=O) groups excluding carboxylic acids is 1. The molecule has 8 heteroatoms. The number of fused-ring (bicyclic) bond motifs is 1. The van der Waals surface area contributed by atoms with Crippen LogP contribution in [-0.4, -0.2) is 26.2 Å². The minimum absolute atomic E-state index is 0.0908. The summed E-state index contributed by atoms with van der Waals surface area (Å²) in [6.45, 7) is 7.98. The molecule has 0 aliphatic rings. The molecule has 0 saturated carbocycles. The average Bonchev–Trinajstić information content (AvgIpc) is 2.91. The second-order valence-electron chi connectivity index (χ2n) is 5.64. The van der Waals surface area contributed by atoms with E-state index in [0.29, 0.717) is 27.6 Å². The van der Waals surface area contributed by atoms with Crippen LogP contribution in [0.5, 0.6) is 0 Å². The molecule has 1 amide bonds. The van der Waals surface area contributed by atoms with Crippen LogP contribution in [0.25, 0.3) is 10.2 Å². The van der Waals surface area contributed by atoms with Gasteiger partial charge >= 0.3 is 0 Å². The highest BCUT2D eigenvalue weighted by atomic mass is 32.2. The van der Waals surface area contributed by atoms with Crippen LogP contribution in [0, 0.1) is 13.8 Å². The zero-order chi connectivity index (χ0) is 18.7. The number of allylic oxidation sites excluding steroid dienone is 1. The Morgan fingerprint density at radius 1 is 1.46 bits per heavy atom. The number of rotatable bonds is 6. The molecule has 0 saturated heterocycles. The molecule has 26 heavy (non-hydrogen) atoms. The Hall–Kier alpha value is -2.45. The largest absolute Gasteiger partial charge is 0.324 e. The number of pyridine rings is 1. The van der Waals surface area contributed by atoms with Crippen molar-refractivity contribution in [1.29, 1.82) is 0 Å². The van der Waals surface area contributed by atoms with E-state index in [1.807, 2.05) is 13.8 Å². The maximum absolute atomic E-state index is 12.9. The van der Waals surface area contributed by atoms with E-state index in [0.717, 1.165) is 10.4 Å². The molecular weight excluding hydrogens is 368 g/mol. The van der Waals surface area contributed by atoms with Crippen LogP contribution in [0.3, 0.4) is 0 Å². The van der Waals surface area contributed by atoms with E-state index in [9.17, 15) is 9.59 Å². The van der Waals surface area contributed by atoms with Gasteiger partial charge in [0.1, 0.15) is 4.83 Å². The first kappa shape index (κ1) is 18.3. The monoisotopic (exact) mass is 386 g/mol. The summed E-state index contributed by atoms with van der Waals surface area (Å²) >= 11 is 2.74. The molecular formula is C18H18N4O2S2. The molecule has 134 valence electrons. The van der Waals surface area contributed by atoms with Gasteiger partial charge in [-0.1, -0.05) is 17.8 Å². The van der Waals surface area contributed by atoms with E-state index in [2.05, 4.69) is 21.9 Å². The molecule has 0 aliphatic carbocycles. The number of thioether (sulfide) groups is 1. The van der Waals surface area contributed by atoms with E-state index in [-0.39, 0.29) is 17.2 Å². The van der Waals surface area contributed by atoms with Crippen molar-refractivity contribution in [1.82, 2.24) is 14.5 Å². The lowest BCUT2D eigenvalue weighted by Crippen LogP contribution is -2.23. The first-order valence-corrected chi connectivity index (χ1v) is 9.75. The predicted octanol–water partition coefficient (Wildman–Crippen LogP) is 3.39. The number of hydrogen-bond donors (Lipinski definition) is 1. The van der Waals surface area contributed by atoms with Crippen molar-refractivity contribution >= 4 is 44.9 Å². The molecule has 3 aromatic rings. The summed E-state index contributed by atoms with van der Waals surface area (Å²) in [5.74, 6) is -0.0334. The van der Waals surface area contributed by atoms with E-state index in [4.69, 9.17) is 0 Å². The molecule has 0 spiro atoms. The third-order valence-corrected chi connectivity index (χ3v) is 5.92. The van der Waals surface area contributed by atoms with Gasteiger partial charge in [0.05, 0.1) is 23.0 Å². The summed E-state index contributed by atoms with van der Waals surface area (Å²) in [6, 6.07) is 3.52. The van der Waals surface area contributed by atoms with E-state index in [1.54, 1.807) is 35.2 Å². The second kappa shape index (κ2) is 7.84. The van der Waals surface area contributed by atoms with Crippen LogP contribution < -0.4 is 10.9 Å². The SMILES string of the molecule is C=CCn1c(SCC(=O)Nc2cccnc2)nc2sc(C)c(C)c2c1=O. The zero-order valence-electron chi connectivity index (χ0n) is 14.5. The van der Waals surface area contributed by atoms with E-state index in [1.165, 1.54) is 23.1 Å². The standard InChI is InChI=1S/C18H18N4O2S2/c1-4-8-22-17(24)15-11(2)12(3)26-16(15)21-18(22)25-10-14(23)20-13-6-5-7-19-9-13/h4-7,9H,1,8,10H2,2-3H3,(H,20,23). The molecule has 0 atom stereocenters. The van der Waals surface area contributed by atoms with Gasteiger partial charge in [0.15, 0.2) is 5.16 Å². The fraction of sp³-hybridized carbons (Fsp3) is 0.222. The minimum atomic E-state index is -0.180. The summed E-state index contributed by atoms with van der Waals surface area (Å²) in [7, 11) is 0. The summed E-state index contributed by atoms with van der Waals surface area (Å²) in [6.07, 6.45) is 4.88. The Morgan fingerprint density at radius 3 is 2.96 bits per heavy atom. The third-order valence-electron chi connectivity index (χ3n) is 3.84. The zero-order valence-corrected chi connectivity index (χ0v) is 16.1. The first-order valence-electron chi connectivity index (χ1n) is 7.95. The number of hydrogen-bond acceptors (Lipinski definition) is 6. The number of aromatic nitrogens is 3. The number of anilines is 1. The van der Waals surface area contributed by atoms with Crippen LogP contribution in [0.4, 0.5) is 5.69 Å². The fourth-order valence-corrected chi connectivity index (χ4v) is 4.35. The highest BCUT2D eigenvalue weighted by Crippen LogP contribution is 2.28. The maximum atomic E-state index is 12.9. The third kappa shape index (κ3) is 3.71. The van der Waals surface area contributed by atoms with Crippen molar-refractivity contribution in [3.63, 3.8) is 0 Å². The lowest BCUT2D eigenvalue weighted by atomic mass is 10.2. The Morgan fingerprint density at radius 2 is 2.27 bits per heavy atom. The summed E-state index contributed by atoms with van der Waals surface area (Å²) in [4.78, 5) is 35.4. The normalized spacial score (nSPS) is 10.8. The number of nitrogens with one attached hydrogen (secondary N) is 1. The number of nitrogens with zero attached hydrogens (tertiary/aromatic N) is 3. The van der Waals surface area contributed by atoms with Crippen molar-refractivity contribution in [3.8, 4) is 0 Å². The van der Waals surface area contributed by atoms with Crippen molar-refractivity contribution in [3.05, 3.63) is 58.0 Å². The van der Waals surface area contributed by atoms with Crippen molar-refractivity contribution in [2.75, 3.05) is 11.1 Å². The molecule has 3 rings (SSSR count). The number of carbonyl (C=O) groups is 1. The first-order chi connectivity index (χ1) is 12.5. The van der Waals surface area contributed by atoms with E-state index >= 15 is 0 Å². The molecule has 0 fully saturated rings. The number of thiophene rings is 1. The van der Waals surface area contributed by atoms with Crippen LogP contribution in [0.15, 0.2) is 47.1 Å². The average molecular weight is 387 g/mol. The Bertz CT molecular complexity index is 1030. The fourth-order valence-electron chi connectivity index (χ4n) is 2.47. The van der Waals surface area contributed by atoms with Crippen molar-refractivity contribution in [2.45, 2.75) is 25.5 Å². The predicted molar refractivity (Wildman–Crippen MR) is 107 cm³/mol. The van der Waals surface area contributed by atoms with Gasteiger partial charge in [0.25, 0.3) is 5.56 Å². The van der Waals surface area contributed by atoms with Crippen LogP contribution in [0.1, 0.15) is 10.4 Å². The van der Waals surface area contributed by atoms with Gasteiger partial charge in [-0.3, -0.25) is 19.1 Å². The molecule has 0 unspecified atom stereocenters. The minimum Gasteiger partial charge on any atom is -0.324 e. The highest BCUT2D eigenvalue weighted by Gasteiger charge is 2.17. The van der Waals surface area contributed by atoms with Crippen LogP contribution in [0.2, 0.25) is 0 Å². The van der Waals surface area contributed by atoms with Gasteiger partial charge in [-0.25, -0.2) is 4.98 Å². The maximum Gasteiger partial charge on any atom is 0.263 e. The van der Waals surface area contributed by atoms with Gasteiger partial charge < -0.3 is 5.32 Å². The number of aryl methyl sites for hydroxylation is 2. The lowest BCUT2D eigenvalue weighted by molar-refractivity contribution is -0.113. The molecule has 6 nitrogen and oxygen atoms in total. The summed E-state index contributed by atoms with van der Waals surface area (Å²) < 4.78 is 1.57. The smallest absolute Gasteiger partial charge is 0.263 e. The van der Waals surface area contributed by atoms with Crippen LogP contribution in [-0.2, 0) is 11.3 Å². The Labute approximate surface area is 159 Å². The van der Waals surface area contributed by atoms with Crippen molar-refractivity contribution < 1.29 is 4.79 Å². The Balaban J connectivity index is 1.87. The van der Waals surface area contributed by atoms with Gasteiger partial charge in [-0.15, -0.1) is 17.9 Å². The summed E-state index contributed by atoms with van der Waals surface area (Å²) in [5.41, 5.74) is 1.51. The van der Waals surface area contributed by atoms with Gasteiger partial charge in [0, 0.05) is 17.6 Å². The van der Waals surface area contributed by atoms with E-state index < -0.39 is 0 Å².